The molecule has 1 heterocycles. The summed E-state index contributed by atoms with van der Waals surface area (Å²) in [5, 5.41) is 8.90. The predicted molar refractivity (Wildman–Crippen MR) is 77.6 cm³/mol. The van der Waals surface area contributed by atoms with Crippen LogP contribution in [0.5, 0.6) is 0 Å². The van der Waals surface area contributed by atoms with E-state index in [-0.39, 0.29) is 22.8 Å². The number of carboxylic acids is 1. The minimum absolute atomic E-state index is 0.116. The van der Waals surface area contributed by atoms with Crippen LogP contribution >= 0.6 is 11.6 Å². The van der Waals surface area contributed by atoms with Crippen LogP contribution in [0.4, 0.5) is 4.39 Å². The molecule has 3 rings (SSSR count). The second kappa shape index (κ2) is 5.18. The molecule has 1 aliphatic carbocycles. The van der Waals surface area contributed by atoms with Crippen LogP contribution in [0.2, 0.25) is 5.02 Å². The van der Waals surface area contributed by atoms with Gasteiger partial charge >= 0.3 is 5.97 Å². The van der Waals surface area contributed by atoms with Crippen LogP contribution < -0.4 is 0 Å². The van der Waals surface area contributed by atoms with E-state index < -0.39 is 26.7 Å². The molecule has 0 atom stereocenters. The summed E-state index contributed by atoms with van der Waals surface area (Å²) in [7, 11) is -3.89. The molecule has 8 heteroatoms. The van der Waals surface area contributed by atoms with Crippen LogP contribution in [0, 0.1) is 17.2 Å². The molecule has 2 fully saturated rings. The van der Waals surface area contributed by atoms with Crippen LogP contribution in [0.15, 0.2) is 23.1 Å². The number of nitrogens with zero attached hydrogens (tertiary/aromatic N) is 1. The zero-order chi connectivity index (χ0) is 16.1. The van der Waals surface area contributed by atoms with Crippen molar-refractivity contribution in [2.24, 2.45) is 11.3 Å². The van der Waals surface area contributed by atoms with Crippen molar-refractivity contribution in [3.63, 3.8) is 0 Å². The fourth-order valence-electron chi connectivity index (χ4n) is 3.50. The second-order valence-corrected chi connectivity index (χ2v) is 8.56. The SMILES string of the molecule is O=C(O)CC1CC2(C1)CN(S(=O)(=O)c1cc(Cl)ccc1F)C2. The first-order valence-corrected chi connectivity index (χ1v) is 8.71. The van der Waals surface area contributed by atoms with Crippen molar-refractivity contribution >= 4 is 27.6 Å². The van der Waals surface area contributed by atoms with Gasteiger partial charge in [-0.1, -0.05) is 11.6 Å². The molecule has 1 aromatic carbocycles. The summed E-state index contributed by atoms with van der Waals surface area (Å²) in [6.45, 7) is 0.634. The lowest BCUT2D eigenvalue weighted by atomic mass is 9.58. The zero-order valence-electron chi connectivity index (χ0n) is 11.6. The third-order valence-corrected chi connectivity index (χ3v) is 6.48. The minimum atomic E-state index is -3.89. The lowest BCUT2D eigenvalue weighted by molar-refractivity contribution is -0.142. The Kier molecular flexibility index (Phi) is 3.70. The molecular weight excluding hydrogens is 333 g/mol. The summed E-state index contributed by atoms with van der Waals surface area (Å²) in [4.78, 5) is 10.2. The normalized spacial score (nSPS) is 21.4. The molecule has 0 amide bonds. The van der Waals surface area contributed by atoms with Crippen LogP contribution in [0.3, 0.4) is 0 Å². The Bertz CT molecular complexity index is 722. The monoisotopic (exact) mass is 347 g/mol. The van der Waals surface area contributed by atoms with Crippen molar-refractivity contribution in [2.45, 2.75) is 24.2 Å². The van der Waals surface area contributed by atoms with Crippen molar-refractivity contribution in [2.75, 3.05) is 13.1 Å². The van der Waals surface area contributed by atoms with Gasteiger partial charge in [0, 0.05) is 24.5 Å². The molecule has 2 aliphatic rings. The van der Waals surface area contributed by atoms with Crippen molar-refractivity contribution in [3.05, 3.63) is 29.0 Å². The van der Waals surface area contributed by atoms with Crippen LogP contribution in [-0.4, -0.2) is 36.9 Å². The summed E-state index contributed by atoms with van der Waals surface area (Å²) < 4.78 is 39.8. The standard InChI is InChI=1S/C14H15ClFNO4S/c15-10-1-2-11(16)12(4-10)22(20,21)17-7-14(8-17)5-9(6-14)3-13(18)19/h1-2,4,9H,3,5-8H2,(H,18,19). The Morgan fingerprint density at radius 3 is 2.64 bits per heavy atom. The fourth-order valence-corrected chi connectivity index (χ4v) is 5.49. The molecule has 1 aliphatic heterocycles. The number of carbonyl (C=O) groups is 1. The average Bonchev–Trinajstić information content (AvgIpc) is 2.32. The average molecular weight is 348 g/mol. The maximum absolute atomic E-state index is 13.8. The quantitative estimate of drug-likeness (QED) is 0.907. The topological polar surface area (TPSA) is 74.7 Å². The maximum Gasteiger partial charge on any atom is 0.303 e. The molecule has 5 nitrogen and oxygen atoms in total. The molecule has 1 aromatic rings. The van der Waals surface area contributed by atoms with E-state index in [1.807, 2.05) is 0 Å². The maximum atomic E-state index is 13.8. The number of carboxylic acid groups (broad SMARTS) is 1. The number of hydrogen-bond donors (Lipinski definition) is 1. The highest BCUT2D eigenvalue weighted by Gasteiger charge is 2.55. The summed E-state index contributed by atoms with van der Waals surface area (Å²) >= 11 is 5.75. The van der Waals surface area contributed by atoms with Gasteiger partial charge in [0.05, 0.1) is 0 Å². The molecule has 0 unspecified atom stereocenters. The molecule has 22 heavy (non-hydrogen) atoms. The van der Waals surface area contributed by atoms with Gasteiger partial charge in [-0.2, -0.15) is 4.31 Å². The van der Waals surface area contributed by atoms with Gasteiger partial charge in [0.15, 0.2) is 0 Å². The van der Waals surface area contributed by atoms with Gasteiger partial charge in [0.2, 0.25) is 10.0 Å². The largest absolute Gasteiger partial charge is 0.481 e. The molecular formula is C14H15ClFNO4S. The number of hydrogen-bond acceptors (Lipinski definition) is 3. The third-order valence-electron chi connectivity index (χ3n) is 4.44. The molecule has 0 aromatic heterocycles. The highest BCUT2D eigenvalue weighted by Crippen LogP contribution is 2.54. The molecule has 0 bridgehead atoms. The number of rotatable bonds is 4. The van der Waals surface area contributed by atoms with E-state index in [4.69, 9.17) is 16.7 Å². The molecule has 0 radical (unpaired) electrons. The van der Waals surface area contributed by atoms with E-state index in [0.29, 0.717) is 25.9 Å². The predicted octanol–water partition coefficient (Wildman–Crippen LogP) is 2.35. The summed E-state index contributed by atoms with van der Waals surface area (Å²) in [6.07, 6.45) is 1.55. The smallest absolute Gasteiger partial charge is 0.303 e. The van der Waals surface area contributed by atoms with Crippen LogP contribution in [-0.2, 0) is 14.8 Å². The van der Waals surface area contributed by atoms with Gasteiger partial charge in [-0.05, 0) is 42.4 Å². The highest BCUT2D eigenvalue weighted by molar-refractivity contribution is 7.89. The fraction of sp³-hybridized carbons (Fsp3) is 0.500. The Balaban J connectivity index is 1.68. The number of halogens is 2. The molecule has 1 saturated heterocycles. The van der Waals surface area contributed by atoms with Crippen molar-refractivity contribution in [3.8, 4) is 0 Å². The summed E-state index contributed by atoms with van der Waals surface area (Å²) in [5.74, 6) is -1.53. The lowest BCUT2D eigenvalue weighted by Gasteiger charge is -2.58. The van der Waals surface area contributed by atoms with Gasteiger partial charge in [0.25, 0.3) is 0 Å². The number of sulfonamides is 1. The Labute approximate surface area is 132 Å². The van der Waals surface area contributed by atoms with E-state index in [1.165, 1.54) is 10.4 Å². The number of benzene rings is 1. The Morgan fingerprint density at radius 1 is 1.41 bits per heavy atom. The van der Waals surface area contributed by atoms with Crippen molar-refractivity contribution < 1.29 is 22.7 Å². The van der Waals surface area contributed by atoms with Crippen molar-refractivity contribution in [1.29, 1.82) is 0 Å². The lowest BCUT2D eigenvalue weighted by Crippen LogP contribution is -2.63. The van der Waals surface area contributed by atoms with E-state index in [9.17, 15) is 17.6 Å². The van der Waals surface area contributed by atoms with E-state index >= 15 is 0 Å². The van der Waals surface area contributed by atoms with Gasteiger partial charge in [-0.3, -0.25) is 4.79 Å². The second-order valence-electron chi connectivity index (χ2n) is 6.22. The van der Waals surface area contributed by atoms with Gasteiger partial charge in [0.1, 0.15) is 10.7 Å². The Morgan fingerprint density at radius 2 is 2.05 bits per heavy atom. The molecule has 1 N–H and O–H groups in total. The summed E-state index contributed by atoms with van der Waals surface area (Å²) in [5.41, 5.74) is -0.123. The van der Waals surface area contributed by atoms with Gasteiger partial charge in [-0.25, -0.2) is 12.8 Å². The zero-order valence-corrected chi connectivity index (χ0v) is 13.2. The number of aliphatic carboxylic acids is 1. The first-order valence-electron chi connectivity index (χ1n) is 6.89. The van der Waals surface area contributed by atoms with Crippen LogP contribution in [0.25, 0.3) is 0 Å². The third kappa shape index (κ3) is 2.61. The summed E-state index contributed by atoms with van der Waals surface area (Å²) in [6, 6.07) is 3.46. The van der Waals surface area contributed by atoms with Gasteiger partial charge < -0.3 is 5.11 Å². The van der Waals surface area contributed by atoms with Crippen molar-refractivity contribution in [1.82, 2.24) is 4.31 Å². The first kappa shape index (κ1) is 15.7. The first-order chi connectivity index (χ1) is 10.2. The van der Waals surface area contributed by atoms with Crippen LogP contribution in [0.1, 0.15) is 19.3 Å². The Hall–Kier alpha value is -1.18. The van der Waals surface area contributed by atoms with E-state index in [2.05, 4.69) is 0 Å². The van der Waals surface area contributed by atoms with E-state index in [1.54, 1.807) is 0 Å². The van der Waals surface area contributed by atoms with Gasteiger partial charge in [-0.15, -0.1) is 0 Å². The molecule has 120 valence electrons. The minimum Gasteiger partial charge on any atom is -0.481 e. The van der Waals surface area contributed by atoms with E-state index in [0.717, 1.165) is 12.1 Å². The molecule has 1 spiro atoms. The molecule has 1 saturated carbocycles. The highest BCUT2D eigenvalue weighted by atomic mass is 35.5.